The zero-order valence-electron chi connectivity index (χ0n) is 7.00. The van der Waals surface area contributed by atoms with E-state index in [4.69, 9.17) is 9.94 Å². The second kappa shape index (κ2) is 5.65. The molecule has 0 aromatic rings. The van der Waals surface area contributed by atoms with Gasteiger partial charge < -0.3 is 5.11 Å². The van der Waals surface area contributed by atoms with Crippen LogP contribution in [0.5, 0.6) is 0 Å². The highest BCUT2D eigenvalue weighted by Crippen LogP contribution is 1.90. The Bertz CT molecular complexity index is 72.0. The molecular weight excluding hydrogens is 130 g/mol. The van der Waals surface area contributed by atoms with Crippen LogP contribution < -0.4 is 0 Å². The summed E-state index contributed by atoms with van der Waals surface area (Å²) in [5, 5.41) is 10.7. The molecule has 3 nitrogen and oxygen atoms in total. The Morgan fingerprint density at radius 1 is 1.40 bits per heavy atom. The molecule has 0 fully saturated rings. The fraction of sp³-hybridized carbons (Fsp3) is 1.00. The van der Waals surface area contributed by atoms with E-state index >= 15 is 0 Å². The molecule has 0 radical (unpaired) electrons. The average molecular weight is 147 g/mol. The maximum absolute atomic E-state index is 8.84. The van der Waals surface area contributed by atoms with Crippen molar-refractivity contribution in [1.82, 2.24) is 5.06 Å². The summed E-state index contributed by atoms with van der Waals surface area (Å²) in [6, 6.07) is 0. The standard InChI is InChI=1S/C7H17NO2/c1-4-8(5-2)10-6-7(3)9/h7,9H,4-6H2,1-3H3. The number of nitrogens with zero attached hydrogens (tertiary/aromatic N) is 1. The van der Waals surface area contributed by atoms with E-state index in [2.05, 4.69) is 0 Å². The smallest absolute Gasteiger partial charge is 0.0941 e. The zero-order valence-corrected chi connectivity index (χ0v) is 7.00. The minimum Gasteiger partial charge on any atom is -0.391 e. The third kappa shape index (κ3) is 4.73. The van der Waals surface area contributed by atoms with Gasteiger partial charge in [-0.15, -0.1) is 0 Å². The Balaban J connectivity index is 3.26. The van der Waals surface area contributed by atoms with Gasteiger partial charge in [-0.3, -0.25) is 4.84 Å². The number of rotatable bonds is 5. The van der Waals surface area contributed by atoms with Gasteiger partial charge >= 0.3 is 0 Å². The van der Waals surface area contributed by atoms with Gasteiger partial charge in [0, 0.05) is 13.1 Å². The van der Waals surface area contributed by atoms with Crippen molar-refractivity contribution in [3.8, 4) is 0 Å². The van der Waals surface area contributed by atoms with Crippen molar-refractivity contribution in [2.75, 3.05) is 19.7 Å². The summed E-state index contributed by atoms with van der Waals surface area (Å²) in [5.74, 6) is 0. The molecule has 0 aromatic carbocycles. The number of hydrogen-bond acceptors (Lipinski definition) is 3. The van der Waals surface area contributed by atoms with Gasteiger partial charge in [0.05, 0.1) is 12.7 Å². The van der Waals surface area contributed by atoms with Crippen molar-refractivity contribution in [1.29, 1.82) is 0 Å². The van der Waals surface area contributed by atoms with Crippen LogP contribution in [-0.2, 0) is 4.84 Å². The maximum Gasteiger partial charge on any atom is 0.0941 e. The summed E-state index contributed by atoms with van der Waals surface area (Å²) in [7, 11) is 0. The molecule has 1 atom stereocenters. The van der Waals surface area contributed by atoms with E-state index in [0.29, 0.717) is 6.61 Å². The van der Waals surface area contributed by atoms with Crippen molar-refractivity contribution >= 4 is 0 Å². The first-order valence-corrected chi connectivity index (χ1v) is 3.76. The van der Waals surface area contributed by atoms with Crippen LogP contribution >= 0.6 is 0 Å². The third-order valence-electron chi connectivity index (χ3n) is 1.20. The van der Waals surface area contributed by atoms with E-state index < -0.39 is 0 Å². The van der Waals surface area contributed by atoms with Crippen molar-refractivity contribution in [2.24, 2.45) is 0 Å². The van der Waals surface area contributed by atoms with E-state index in [1.807, 2.05) is 18.9 Å². The van der Waals surface area contributed by atoms with Gasteiger partial charge in [-0.2, -0.15) is 5.06 Å². The quantitative estimate of drug-likeness (QED) is 0.579. The molecule has 62 valence electrons. The third-order valence-corrected chi connectivity index (χ3v) is 1.20. The highest BCUT2D eigenvalue weighted by Gasteiger charge is 2.00. The Hall–Kier alpha value is -0.120. The van der Waals surface area contributed by atoms with Gasteiger partial charge in [-0.1, -0.05) is 13.8 Å². The number of aliphatic hydroxyl groups excluding tert-OH is 1. The van der Waals surface area contributed by atoms with E-state index in [1.165, 1.54) is 0 Å². The molecule has 0 aliphatic rings. The summed E-state index contributed by atoms with van der Waals surface area (Å²) in [5.41, 5.74) is 0. The van der Waals surface area contributed by atoms with Gasteiger partial charge in [-0.25, -0.2) is 0 Å². The molecule has 1 unspecified atom stereocenters. The predicted molar refractivity (Wildman–Crippen MR) is 40.6 cm³/mol. The highest BCUT2D eigenvalue weighted by molar-refractivity contribution is 4.41. The van der Waals surface area contributed by atoms with Crippen LogP contribution in [0.4, 0.5) is 0 Å². The molecule has 0 heterocycles. The summed E-state index contributed by atoms with van der Waals surface area (Å²) >= 11 is 0. The largest absolute Gasteiger partial charge is 0.391 e. The van der Waals surface area contributed by atoms with E-state index in [9.17, 15) is 0 Å². The van der Waals surface area contributed by atoms with Crippen LogP contribution in [0.2, 0.25) is 0 Å². The highest BCUT2D eigenvalue weighted by atomic mass is 16.7. The van der Waals surface area contributed by atoms with E-state index in [0.717, 1.165) is 13.1 Å². The summed E-state index contributed by atoms with van der Waals surface area (Å²) in [6.07, 6.45) is -0.374. The normalized spacial score (nSPS) is 14.1. The second-order valence-electron chi connectivity index (χ2n) is 2.26. The molecule has 3 heteroatoms. The topological polar surface area (TPSA) is 32.7 Å². The number of hydroxylamine groups is 2. The van der Waals surface area contributed by atoms with Gasteiger partial charge in [0.25, 0.3) is 0 Å². The molecule has 0 bridgehead atoms. The average Bonchev–Trinajstić information content (AvgIpc) is 1.90. The van der Waals surface area contributed by atoms with Crippen molar-refractivity contribution in [3.63, 3.8) is 0 Å². The van der Waals surface area contributed by atoms with Crippen LogP contribution in [0.15, 0.2) is 0 Å². The molecule has 0 saturated heterocycles. The Morgan fingerprint density at radius 3 is 2.20 bits per heavy atom. The Kier molecular flexibility index (Phi) is 5.58. The van der Waals surface area contributed by atoms with Crippen LogP contribution in [0, 0.1) is 0 Å². The lowest BCUT2D eigenvalue weighted by molar-refractivity contribution is -0.171. The van der Waals surface area contributed by atoms with Gasteiger partial charge in [0.15, 0.2) is 0 Å². The monoisotopic (exact) mass is 147 g/mol. The van der Waals surface area contributed by atoms with Crippen LogP contribution in [0.25, 0.3) is 0 Å². The zero-order chi connectivity index (χ0) is 7.98. The van der Waals surface area contributed by atoms with E-state index in [1.54, 1.807) is 6.92 Å². The minimum absolute atomic E-state index is 0.374. The molecule has 0 aliphatic heterocycles. The molecule has 0 aliphatic carbocycles. The van der Waals surface area contributed by atoms with Gasteiger partial charge in [0.1, 0.15) is 0 Å². The van der Waals surface area contributed by atoms with Crippen molar-refractivity contribution < 1.29 is 9.94 Å². The minimum atomic E-state index is -0.374. The first kappa shape index (κ1) is 9.88. The van der Waals surface area contributed by atoms with Gasteiger partial charge in [0.2, 0.25) is 0 Å². The summed E-state index contributed by atoms with van der Waals surface area (Å²) in [6.45, 7) is 7.87. The molecular formula is C7H17NO2. The summed E-state index contributed by atoms with van der Waals surface area (Å²) in [4.78, 5) is 5.19. The van der Waals surface area contributed by atoms with Crippen molar-refractivity contribution in [3.05, 3.63) is 0 Å². The lowest BCUT2D eigenvalue weighted by Crippen LogP contribution is -2.27. The molecule has 0 rings (SSSR count). The molecule has 1 N–H and O–H groups in total. The SMILES string of the molecule is CCN(CC)OCC(C)O. The molecule has 0 aromatic heterocycles. The summed E-state index contributed by atoms with van der Waals surface area (Å²) < 4.78 is 0. The lowest BCUT2D eigenvalue weighted by atomic mass is 10.5. The second-order valence-corrected chi connectivity index (χ2v) is 2.26. The first-order valence-electron chi connectivity index (χ1n) is 3.76. The fourth-order valence-corrected chi connectivity index (χ4v) is 0.619. The lowest BCUT2D eigenvalue weighted by Gasteiger charge is -2.18. The van der Waals surface area contributed by atoms with Gasteiger partial charge in [-0.05, 0) is 6.92 Å². The number of hydrogen-bond donors (Lipinski definition) is 1. The maximum atomic E-state index is 8.84. The number of aliphatic hydroxyl groups is 1. The molecule has 0 saturated carbocycles. The Morgan fingerprint density at radius 2 is 1.90 bits per heavy atom. The molecule has 0 amide bonds. The Labute approximate surface area is 62.6 Å². The van der Waals surface area contributed by atoms with Crippen LogP contribution in [0.3, 0.4) is 0 Å². The van der Waals surface area contributed by atoms with Crippen molar-refractivity contribution in [2.45, 2.75) is 26.9 Å². The fourth-order valence-electron chi connectivity index (χ4n) is 0.619. The first-order chi connectivity index (χ1) is 4.70. The molecule has 0 spiro atoms. The van der Waals surface area contributed by atoms with Crippen LogP contribution in [-0.4, -0.2) is 36.0 Å². The van der Waals surface area contributed by atoms with Crippen LogP contribution in [0.1, 0.15) is 20.8 Å². The predicted octanol–water partition coefficient (Wildman–Crippen LogP) is 0.641. The molecule has 10 heavy (non-hydrogen) atoms. The van der Waals surface area contributed by atoms with E-state index in [-0.39, 0.29) is 6.10 Å².